The van der Waals surface area contributed by atoms with Crippen LogP contribution in [0.15, 0.2) is 60.7 Å². The Labute approximate surface area is 174 Å². The van der Waals surface area contributed by atoms with Crippen LogP contribution >= 0.6 is 0 Å². The summed E-state index contributed by atoms with van der Waals surface area (Å²) in [4.78, 5) is 0. The van der Waals surface area contributed by atoms with Gasteiger partial charge in [0.1, 0.15) is 0 Å². The number of unbranched alkanes of at least 4 members (excludes halogenated alkanes) is 6. The summed E-state index contributed by atoms with van der Waals surface area (Å²) >= 11 is 0. The molecule has 2 heteroatoms. The molecule has 0 fully saturated rings. The Balaban J connectivity index is 1.66. The van der Waals surface area contributed by atoms with Gasteiger partial charge in [0, 0.05) is 19.4 Å². The lowest BCUT2D eigenvalue weighted by Gasteiger charge is -2.08. The van der Waals surface area contributed by atoms with Gasteiger partial charge in [-0.3, -0.25) is 0 Å². The number of hydrogen-bond donors (Lipinski definition) is 0. The van der Waals surface area contributed by atoms with Crippen LogP contribution in [-0.4, -0.2) is 16.4 Å². The Kier molecular flexibility index (Phi) is 11.8. The molecule has 2 rings (SSSR count). The molecule has 1 nitrogen and oxygen atoms in total. The van der Waals surface area contributed by atoms with Crippen molar-refractivity contribution >= 4 is 21.0 Å². The molecule has 146 valence electrons. The molecule has 2 aromatic rings. The zero-order valence-electron chi connectivity index (χ0n) is 17.1. The molecule has 0 bridgehead atoms. The number of rotatable bonds is 12. The molecule has 0 aliphatic carbocycles. The van der Waals surface area contributed by atoms with Gasteiger partial charge in [-0.15, -0.1) is 11.8 Å². The highest BCUT2D eigenvalue weighted by Gasteiger charge is 2.05. The van der Waals surface area contributed by atoms with Crippen molar-refractivity contribution in [2.24, 2.45) is 0 Å². The van der Waals surface area contributed by atoms with Crippen molar-refractivity contribution in [3.05, 3.63) is 71.8 Å². The maximum absolute atomic E-state index is 6.04. The fourth-order valence-electron chi connectivity index (χ4n) is 2.94. The van der Waals surface area contributed by atoms with Gasteiger partial charge >= 0.3 is 0 Å². The molecule has 0 N–H and O–H groups in total. The third kappa shape index (κ3) is 9.74. The zero-order valence-corrected chi connectivity index (χ0v) is 18.1. The van der Waals surface area contributed by atoms with Gasteiger partial charge in [-0.1, -0.05) is 99.3 Å². The second-order valence-electron chi connectivity index (χ2n) is 6.86. The first kappa shape index (κ1) is 22.2. The molecular weight excluding hydrogens is 356 g/mol. The molecular formula is C26H32OSi. The summed E-state index contributed by atoms with van der Waals surface area (Å²) in [5, 5.41) is 1.26. The molecule has 0 heterocycles. The second kappa shape index (κ2) is 14.9. The van der Waals surface area contributed by atoms with Crippen LogP contribution in [0.4, 0.5) is 0 Å². The van der Waals surface area contributed by atoms with E-state index in [4.69, 9.17) is 4.43 Å². The molecule has 2 aromatic carbocycles. The standard InChI is InChI=1S/C26H32OSi/c1-2-3-4-5-6-7-8-9-10-17-22-27-28-26(25-20-15-12-16-21-25)23-24-18-13-11-14-19-24/h11-16,18-21,23H,2,5-10,17,22H2,1H3/b26-23-. The molecule has 0 saturated heterocycles. The highest BCUT2D eigenvalue weighted by Crippen LogP contribution is 2.17. The lowest BCUT2D eigenvalue weighted by atomic mass is 10.1. The summed E-state index contributed by atoms with van der Waals surface area (Å²) in [5.41, 5.74) is 2.47. The van der Waals surface area contributed by atoms with E-state index in [1.54, 1.807) is 0 Å². The van der Waals surface area contributed by atoms with E-state index in [1.165, 1.54) is 48.4 Å². The Hall–Kier alpha value is -2.08. The topological polar surface area (TPSA) is 9.23 Å². The van der Waals surface area contributed by atoms with E-state index in [0.717, 1.165) is 25.9 Å². The number of hydrogen-bond acceptors (Lipinski definition) is 1. The highest BCUT2D eigenvalue weighted by atomic mass is 28.2. The molecule has 0 amide bonds. The molecule has 28 heavy (non-hydrogen) atoms. The van der Waals surface area contributed by atoms with Crippen LogP contribution in [0.3, 0.4) is 0 Å². The Morgan fingerprint density at radius 2 is 1.46 bits per heavy atom. The van der Waals surface area contributed by atoms with Crippen LogP contribution in [0.2, 0.25) is 0 Å². The first-order chi connectivity index (χ1) is 13.9. The largest absolute Gasteiger partial charge is 0.411 e. The van der Waals surface area contributed by atoms with E-state index < -0.39 is 0 Å². The van der Waals surface area contributed by atoms with Crippen LogP contribution in [-0.2, 0) is 4.43 Å². The van der Waals surface area contributed by atoms with Crippen LogP contribution in [0.1, 0.15) is 69.4 Å². The quantitative estimate of drug-likeness (QED) is 0.165. The van der Waals surface area contributed by atoms with Crippen LogP contribution in [0, 0.1) is 11.8 Å². The normalized spacial score (nSPS) is 11.1. The van der Waals surface area contributed by atoms with E-state index in [1.807, 2.05) is 0 Å². The average molecular weight is 389 g/mol. The molecule has 0 atom stereocenters. The van der Waals surface area contributed by atoms with Crippen LogP contribution in [0.25, 0.3) is 11.3 Å². The van der Waals surface area contributed by atoms with E-state index >= 15 is 0 Å². The molecule has 2 radical (unpaired) electrons. The number of benzene rings is 2. The molecule has 0 aliphatic heterocycles. The Morgan fingerprint density at radius 3 is 2.18 bits per heavy atom. The zero-order chi connectivity index (χ0) is 19.7. The smallest absolute Gasteiger partial charge is 0.269 e. The van der Waals surface area contributed by atoms with Gasteiger partial charge < -0.3 is 4.43 Å². The average Bonchev–Trinajstić information content (AvgIpc) is 2.75. The summed E-state index contributed by atoms with van der Waals surface area (Å²) in [7, 11) is 0.384. The highest BCUT2D eigenvalue weighted by molar-refractivity contribution is 6.57. The maximum Gasteiger partial charge on any atom is 0.269 e. The summed E-state index contributed by atoms with van der Waals surface area (Å²) in [6.07, 6.45) is 11.9. The van der Waals surface area contributed by atoms with Gasteiger partial charge in [0.25, 0.3) is 9.76 Å². The lowest BCUT2D eigenvalue weighted by molar-refractivity contribution is 0.326. The summed E-state index contributed by atoms with van der Waals surface area (Å²) in [5.74, 6) is 6.36. The Bertz CT molecular complexity index is 725. The van der Waals surface area contributed by atoms with Crippen molar-refractivity contribution in [1.29, 1.82) is 0 Å². The van der Waals surface area contributed by atoms with Crippen molar-refractivity contribution < 1.29 is 4.43 Å². The van der Waals surface area contributed by atoms with E-state index in [2.05, 4.69) is 85.5 Å². The fraction of sp³-hybridized carbons (Fsp3) is 0.385. The minimum atomic E-state index is 0.384. The fourth-order valence-corrected chi connectivity index (χ4v) is 3.85. The van der Waals surface area contributed by atoms with Crippen LogP contribution < -0.4 is 0 Å². The second-order valence-corrected chi connectivity index (χ2v) is 7.90. The van der Waals surface area contributed by atoms with Gasteiger partial charge in [0.2, 0.25) is 0 Å². The minimum Gasteiger partial charge on any atom is -0.411 e. The monoisotopic (exact) mass is 388 g/mol. The van der Waals surface area contributed by atoms with Crippen molar-refractivity contribution in [3.8, 4) is 11.8 Å². The predicted molar refractivity (Wildman–Crippen MR) is 123 cm³/mol. The molecule has 0 aliphatic rings. The van der Waals surface area contributed by atoms with Gasteiger partial charge in [-0.05, 0) is 29.2 Å². The maximum atomic E-state index is 6.04. The summed E-state index contributed by atoms with van der Waals surface area (Å²) in [6.45, 7) is 2.95. The minimum absolute atomic E-state index is 0.384. The van der Waals surface area contributed by atoms with Gasteiger partial charge in [0.15, 0.2) is 0 Å². The van der Waals surface area contributed by atoms with E-state index in [-0.39, 0.29) is 0 Å². The molecule has 0 aromatic heterocycles. The molecule has 0 spiro atoms. The predicted octanol–water partition coefficient (Wildman–Crippen LogP) is 6.96. The van der Waals surface area contributed by atoms with Crippen LogP contribution in [0.5, 0.6) is 0 Å². The summed E-state index contributed by atoms with van der Waals surface area (Å²) < 4.78 is 6.04. The lowest BCUT2D eigenvalue weighted by Crippen LogP contribution is -2.04. The van der Waals surface area contributed by atoms with Crippen molar-refractivity contribution in [3.63, 3.8) is 0 Å². The van der Waals surface area contributed by atoms with Gasteiger partial charge in [0.05, 0.1) is 0 Å². The summed E-state index contributed by atoms with van der Waals surface area (Å²) in [6, 6.07) is 21.1. The third-order valence-electron chi connectivity index (χ3n) is 4.48. The molecule has 0 saturated carbocycles. The first-order valence-corrected chi connectivity index (χ1v) is 11.5. The van der Waals surface area contributed by atoms with E-state index in [9.17, 15) is 0 Å². The van der Waals surface area contributed by atoms with Crippen molar-refractivity contribution in [2.75, 3.05) is 6.61 Å². The SMILES string of the molecule is CCC#CCCCCCCCCO[Si]/C(=C\c1ccccc1)c1ccccc1. The van der Waals surface area contributed by atoms with Crippen molar-refractivity contribution in [1.82, 2.24) is 0 Å². The Morgan fingerprint density at radius 1 is 0.821 bits per heavy atom. The van der Waals surface area contributed by atoms with Gasteiger partial charge in [-0.25, -0.2) is 0 Å². The van der Waals surface area contributed by atoms with E-state index in [0.29, 0.717) is 9.76 Å². The third-order valence-corrected chi connectivity index (χ3v) is 5.48. The first-order valence-electron chi connectivity index (χ1n) is 10.6. The van der Waals surface area contributed by atoms with Gasteiger partial charge in [-0.2, -0.15) is 0 Å². The van der Waals surface area contributed by atoms with Crippen molar-refractivity contribution in [2.45, 2.75) is 58.3 Å². The molecule has 0 unspecified atom stereocenters.